The van der Waals surface area contributed by atoms with Crippen molar-refractivity contribution >= 4 is 35.1 Å². The van der Waals surface area contributed by atoms with Crippen LogP contribution in [0.3, 0.4) is 0 Å². The van der Waals surface area contributed by atoms with Crippen LogP contribution in [-0.4, -0.2) is 71.3 Å². The Balaban J connectivity index is 1.81. The standard InChI is InChI=1S/C27H35ClN2O6/c1-5-14-29(21-17(3)10-9-11-18(21)28)24(33)22-27-13-12-26(4,36-27)20(25(34)35-6-2)19(27)23(32)30(22)15-7-8-16-31/h5,9-11,19-20,22,31H,1,6-8,12-16H2,2-4H3/t19-,20+,22?,26-,27?/m0/s1. The number of carbonyl (C=O) groups excluding carboxylic acids is 3. The van der Waals surface area contributed by atoms with Crippen molar-refractivity contribution in [3.63, 3.8) is 0 Å². The number of ether oxygens (including phenoxy) is 2. The highest BCUT2D eigenvalue weighted by Gasteiger charge is 2.78. The van der Waals surface area contributed by atoms with E-state index in [9.17, 15) is 19.5 Å². The number of amides is 2. The third-order valence-corrected chi connectivity index (χ3v) is 8.20. The van der Waals surface area contributed by atoms with Gasteiger partial charge in [0.15, 0.2) is 0 Å². The van der Waals surface area contributed by atoms with Crippen molar-refractivity contribution < 1.29 is 29.0 Å². The molecule has 8 nitrogen and oxygen atoms in total. The molecule has 1 spiro atoms. The summed E-state index contributed by atoms with van der Waals surface area (Å²) in [4.78, 5) is 44.6. The van der Waals surface area contributed by atoms with Gasteiger partial charge in [0.2, 0.25) is 5.91 Å². The Kier molecular flexibility index (Phi) is 7.51. The number of likely N-dealkylation sites (tertiary alicyclic amines) is 1. The van der Waals surface area contributed by atoms with Gasteiger partial charge in [-0.05, 0) is 58.1 Å². The maximum absolute atomic E-state index is 14.4. The van der Waals surface area contributed by atoms with Gasteiger partial charge in [0.1, 0.15) is 17.6 Å². The Morgan fingerprint density at radius 1 is 1.36 bits per heavy atom. The van der Waals surface area contributed by atoms with Crippen molar-refractivity contribution in [3.05, 3.63) is 41.4 Å². The lowest BCUT2D eigenvalue weighted by molar-refractivity contribution is -0.159. The van der Waals surface area contributed by atoms with Crippen molar-refractivity contribution in [1.82, 2.24) is 4.90 Å². The summed E-state index contributed by atoms with van der Waals surface area (Å²) in [6.07, 6.45) is 3.65. The van der Waals surface area contributed by atoms with Gasteiger partial charge in [-0.2, -0.15) is 0 Å². The summed E-state index contributed by atoms with van der Waals surface area (Å²) >= 11 is 6.56. The topological polar surface area (TPSA) is 96.4 Å². The Morgan fingerprint density at radius 3 is 2.75 bits per heavy atom. The average Bonchev–Trinajstić information content (AvgIpc) is 3.39. The van der Waals surface area contributed by atoms with Gasteiger partial charge in [-0.1, -0.05) is 29.8 Å². The fourth-order valence-corrected chi connectivity index (χ4v) is 6.79. The summed E-state index contributed by atoms with van der Waals surface area (Å²) in [5.74, 6) is -2.65. The zero-order chi connectivity index (χ0) is 26.3. The molecule has 1 N–H and O–H groups in total. The molecule has 3 aliphatic heterocycles. The number of aliphatic hydroxyl groups is 1. The zero-order valence-electron chi connectivity index (χ0n) is 21.2. The quantitative estimate of drug-likeness (QED) is 0.290. The molecule has 3 heterocycles. The first-order chi connectivity index (χ1) is 17.2. The predicted molar refractivity (Wildman–Crippen MR) is 136 cm³/mol. The van der Waals surface area contributed by atoms with E-state index in [-0.39, 0.29) is 38.1 Å². The molecule has 4 rings (SSSR count). The first-order valence-corrected chi connectivity index (χ1v) is 13.0. The molecule has 2 unspecified atom stereocenters. The van der Waals surface area contributed by atoms with Crippen LogP contribution in [0.25, 0.3) is 0 Å². The molecule has 1 aromatic rings. The smallest absolute Gasteiger partial charge is 0.312 e. The zero-order valence-corrected chi connectivity index (χ0v) is 21.9. The van der Waals surface area contributed by atoms with Crippen LogP contribution >= 0.6 is 11.6 Å². The summed E-state index contributed by atoms with van der Waals surface area (Å²) in [7, 11) is 0. The van der Waals surface area contributed by atoms with Crippen LogP contribution in [0.4, 0.5) is 5.69 Å². The minimum absolute atomic E-state index is 0.0172. The van der Waals surface area contributed by atoms with E-state index in [1.54, 1.807) is 28.9 Å². The minimum Gasteiger partial charge on any atom is -0.466 e. The SMILES string of the molecule is C=CCN(C(=O)C1N(CCCCO)C(=O)[C@@H]2[C@H](C(=O)OCC)[C@]3(C)CCC12O3)c1c(C)cccc1Cl. The van der Waals surface area contributed by atoms with E-state index in [1.165, 1.54) is 0 Å². The lowest BCUT2D eigenvalue weighted by Crippen LogP contribution is -2.56. The number of esters is 1. The molecule has 3 saturated heterocycles. The number of fused-ring (bicyclic) bond motifs is 1. The first kappa shape index (κ1) is 26.6. The molecule has 0 radical (unpaired) electrons. The number of anilines is 1. The number of aliphatic hydroxyl groups excluding tert-OH is 1. The van der Waals surface area contributed by atoms with E-state index in [0.717, 1.165) is 5.56 Å². The van der Waals surface area contributed by atoms with E-state index < -0.39 is 35.0 Å². The summed E-state index contributed by atoms with van der Waals surface area (Å²) in [5, 5.41) is 9.75. The van der Waals surface area contributed by atoms with Gasteiger partial charge < -0.3 is 24.4 Å². The molecule has 2 bridgehead atoms. The van der Waals surface area contributed by atoms with Crippen molar-refractivity contribution in [1.29, 1.82) is 0 Å². The molecule has 0 aromatic heterocycles. The molecule has 3 aliphatic rings. The third kappa shape index (κ3) is 4.03. The molecule has 2 amide bonds. The normalized spacial score (nSPS) is 30.4. The van der Waals surface area contributed by atoms with Crippen LogP contribution in [0, 0.1) is 18.8 Å². The van der Waals surface area contributed by atoms with Crippen LogP contribution < -0.4 is 4.90 Å². The van der Waals surface area contributed by atoms with E-state index >= 15 is 0 Å². The Bertz CT molecular complexity index is 1040. The lowest BCUT2D eigenvalue weighted by atomic mass is 9.66. The number of para-hydroxylation sites is 1. The summed E-state index contributed by atoms with van der Waals surface area (Å²) in [6.45, 7) is 9.92. The van der Waals surface area contributed by atoms with Crippen LogP contribution in [0.1, 0.15) is 45.1 Å². The van der Waals surface area contributed by atoms with Crippen LogP contribution in [0.5, 0.6) is 0 Å². The average molecular weight is 519 g/mol. The van der Waals surface area contributed by atoms with Gasteiger partial charge in [0.25, 0.3) is 5.91 Å². The van der Waals surface area contributed by atoms with Gasteiger partial charge in [0, 0.05) is 19.7 Å². The monoisotopic (exact) mass is 518 g/mol. The van der Waals surface area contributed by atoms with E-state index in [0.29, 0.717) is 36.4 Å². The lowest BCUT2D eigenvalue weighted by Gasteiger charge is -2.37. The van der Waals surface area contributed by atoms with Gasteiger partial charge in [0.05, 0.1) is 28.8 Å². The Labute approximate surface area is 217 Å². The van der Waals surface area contributed by atoms with Crippen molar-refractivity contribution in [2.75, 3.05) is 31.2 Å². The highest BCUT2D eigenvalue weighted by molar-refractivity contribution is 6.34. The maximum atomic E-state index is 14.4. The number of benzene rings is 1. The predicted octanol–water partition coefficient (Wildman–Crippen LogP) is 3.27. The van der Waals surface area contributed by atoms with Gasteiger partial charge in [-0.15, -0.1) is 6.58 Å². The molecule has 196 valence electrons. The van der Waals surface area contributed by atoms with Crippen LogP contribution in [0.15, 0.2) is 30.9 Å². The molecule has 3 fully saturated rings. The molecular formula is C27H35ClN2O6. The highest BCUT2D eigenvalue weighted by Crippen LogP contribution is 2.63. The maximum Gasteiger partial charge on any atom is 0.312 e. The third-order valence-electron chi connectivity index (χ3n) is 7.89. The van der Waals surface area contributed by atoms with Crippen molar-refractivity contribution in [2.24, 2.45) is 11.8 Å². The molecule has 0 saturated carbocycles. The minimum atomic E-state index is -1.14. The number of aryl methyl sites for hydroxylation is 1. The number of hydrogen-bond acceptors (Lipinski definition) is 6. The second-order valence-corrected chi connectivity index (χ2v) is 10.5. The molecular weight excluding hydrogens is 484 g/mol. The van der Waals surface area contributed by atoms with Gasteiger partial charge in [-0.3, -0.25) is 14.4 Å². The molecule has 5 atom stereocenters. The summed E-state index contributed by atoms with van der Waals surface area (Å²) in [5.41, 5.74) is -0.650. The van der Waals surface area contributed by atoms with E-state index in [4.69, 9.17) is 21.1 Å². The number of carbonyl (C=O) groups is 3. The van der Waals surface area contributed by atoms with E-state index in [1.807, 2.05) is 26.0 Å². The fourth-order valence-electron chi connectivity index (χ4n) is 6.46. The molecule has 0 aliphatic carbocycles. The van der Waals surface area contributed by atoms with Crippen molar-refractivity contribution in [2.45, 2.75) is 63.7 Å². The van der Waals surface area contributed by atoms with Gasteiger partial charge >= 0.3 is 5.97 Å². The Morgan fingerprint density at radius 2 is 2.11 bits per heavy atom. The molecule has 36 heavy (non-hydrogen) atoms. The van der Waals surface area contributed by atoms with E-state index in [2.05, 4.69) is 6.58 Å². The van der Waals surface area contributed by atoms with Crippen molar-refractivity contribution in [3.8, 4) is 0 Å². The molecule has 9 heteroatoms. The number of halogens is 1. The Hall–Kier alpha value is -2.42. The summed E-state index contributed by atoms with van der Waals surface area (Å²) < 4.78 is 12.0. The van der Waals surface area contributed by atoms with Gasteiger partial charge in [-0.25, -0.2) is 0 Å². The number of unbranched alkanes of at least 4 members (excludes halogenated alkanes) is 1. The largest absolute Gasteiger partial charge is 0.466 e. The van der Waals surface area contributed by atoms with Crippen LogP contribution in [0.2, 0.25) is 5.02 Å². The number of nitrogens with zero attached hydrogens (tertiary/aromatic N) is 2. The highest BCUT2D eigenvalue weighted by atomic mass is 35.5. The second kappa shape index (κ2) is 10.1. The van der Waals surface area contributed by atoms with Crippen LogP contribution in [-0.2, 0) is 23.9 Å². The molecule has 1 aromatic carbocycles. The second-order valence-electron chi connectivity index (χ2n) is 10.1. The first-order valence-electron chi connectivity index (χ1n) is 12.6. The number of rotatable bonds is 10. The fraction of sp³-hybridized carbons (Fsp3) is 0.593. The number of hydrogen-bond donors (Lipinski definition) is 1. The summed E-state index contributed by atoms with van der Waals surface area (Å²) in [6, 6.07) is 4.48.